The van der Waals surface area contributed by atoms with Crippen molar-refractivity contribution in [3.05, 3.63) is 41.3 Å². The van der Waals surface area contributed by atoms with E-state index >= 15 is 0 Å². The normalized spacial score (nSPS) is 19.7. The first-order chi connectivity index (χ1) is 17.9. The fourth-order valence-corrected chi connectivity index (χ4v) is 5.02. The van der Waals surface area contributed by atoms with Crippen LogP contribution in [0.25, 0.3) is 0 Å². The van der Waals surface area contributed by atoms with Crippen molar-refractivity contribution in [2.24, 2.45) is 5.41 Å². The summed E-state index contributed by atoms with van der Waals surface area (Å²) in [5.41, 5.74) is 1.06. The molecular formula is C28H37N3O7. The molecule has 1 unspecified atom stereocenters. The van der Waals surface area contributed by atoms with Gasteiger partial charge in [0.25, 0.3) is 5.91 Å². The molecule has 2 heterocycles. The minimum absolute atomic E-state index is 0.127. The van der Waals surface area contributed by atoms with E-state index < -0.39 is 11.5 Å². The number of ketones is 1. The third kappa shape index (κ3) is 5.96. The zero-order chi connectivity index (χ0) is 27.7. The Hall–Kier alpha value is -3.53. The monoisotopic (exact) mass is 527 g/mol. The quantitative estimate of drug-likeness (QED) is 0.589. The van der Waals surface area contributed by atoms with Crippen LogP contribution in [-0.4, -0.2) is 75.3 Å². The number of amides is 2. The lowest BCUT2D eigenvalue weighted by Gasteiger charge is -2.37. The second kappa shape index (κ2) is 10.7. The molecule has 2 aromatic rings. The second-order valence-corrected chi connectivity index (χ2v) is 11.3. The molecular weight excluding hydrogens is 490 g/mol. The first-order valence-electron chi connectivity index (χ1n) is 12.8. The highest BCUT2D eigenvalue weighted by Gasteiger charge is 2.39. The van der Waals surface area contributed by atoms with Crippen LogP contribution in [0.3, 0.4) is 0 Å². The fraction of sp³-hybridized carbons (Fsp3) is 0.536. The number of nitrogens with one attached hydrogen (secondary N) is 1. The number of piperazine rings is 1. The molecule has 1 N–H and O–H groups in total. The maximum atomic E-state index is 13.2. The van der Waals surface area contributed by atoms with Gasteiger partial charge in [-0.05, 0) is 32.9 Å². The minimum Gasteiger partial charge on any atom is -0.494 e. The number of anilines is 2. The predicted octanol–water partition coefficient (Wildman–Crippen LogP) is 4.38. The fourth-order valence-electron chi connectivity index (χ4n) is 5.02. The van der Waals surface area contributed by atoms with Crippen LogP contribution >= 0.6 is 0 Å². The molecule has 1 fully saturated rings. The Kier molecular flexibility index (Phi) is 7.73. The molecule has 2 aliphatic rings. The molecule has 1 aliphatic heterocycles. The van der Waals surface area contributed by atoms with Crippen LogP contribution in [0.5, 0.6) is 5.75 Å². The lowest BCUT2D eigenvalue weighted by molar-refractivity contribution is 0.0240. The van der Waals surface area contributed by atoms with Crippen molar-refractivity contribution in [1.29, 1.82) is 0 Å². The molecule has 1 saturated heterocycles. The van der Waals surface area contributed by atoms with E-state index in [1.165, 1.54) is 13.4 Å². The van der Waals surface area contributed by atoms with Crippen LogP contribution < -0.4 is 15.0 Å². The highest BCUT2D eigenvalue weighted by atomic mass is 16.6. The number of carbonyl (C=O) groups is 3. The number of rotatable bonds is 6. The van der Waals surface area contributed by atoms with Gasteiger partial charge in [-0.15, -0.1) is 0 Å². The van der Waals surface area contributed by atoms with Crippen molar-refractivity contribution in [3.63, 3.8) is 0 Å². The van der Waals surface area contributed by atoms with Gasteiger partial charge in [-0.1, -0.05) is 6.92 Å². The molecule has 38 heavy (non-hydrogen) atoms. The Balaban J connectivity index is 1.43. The minimum atomic E-state index is -0.532. The number of fused-ring (bicyclic) bond motifs is 1. The number of ether oxygens (including phenoxy) is 3. The van der Waals surface area contributed by atoms with Crippen molar-refractivity contribution in [3.8, 4) is 5.75 Å². The standard InChI is InChI=1S/C28H37N3O7/c1-27(2,3)38-26(34)31-11-9-30(10-12-31)18-7-8-20(22(13-18)36-6)29-25(33)19-16-37-23-15-28(4,17-35-5)14-21(32)24(19)23/h7-8,13,16H,9-12,14-15,17H2,1-6H3,(H,29,33). The summed E-state index contributed by atoms with van der Waals surface area (Å²) < 4.78 is 22.0. The zero-order valence-corrected chi connectivity index (χ0v) is 23.0. The highest BCUT2D eigenvalue weighted by molar-refractivity contribution is 6.14. The summed E-state index contributed by atoms with van der Waals surface area (Å²) in [6.07, 6.45) is 1.85. The molecule has 2 amide bonds. The highest BCUT2D eigenvalue weighted by Crippen LogP contribution is 2.38. The smallest absolute Gasteiger partial charge is 0.410 e. The molecule has 1 atom stereocenters. The first-order valence-corrected chi connectivity index (χ1v) is 12.8. The van der Waals surface area contributed by atoms with Gasteiger partial charge in [0.2, 0.25) is 0 Å². The van der Waals surface area contributed by atoms with E-state index in [-0.39, 0.29) is 29.3 Å². The number of furan rings is 1. The molecule has 4 rings (SSSR count). The van der Waals surface area contributed by atoms with Crippen molar-refractivity contribution >= 4 is 29.2 Å². The van der Waals surface area contributed by atoms with Crippen LogP contribution in [0.2, 0.25) is 0 Å². The Morgan fingerprint density at radius 1 is 1.11 bits per heavy atom. The zero-order valence-electron chi connectivity index (χ0n) is 23.0. The van der Waals surface area contributed by atoms with Crippen LogP contribution in [0, 0.1) is 5.41 Å². The summed E-state index contributed by atoms with van der Waals surface area (Å²) >= 11 is 0. The third-order valence-electron chi connectivity index (χ3n) is 6.79. The lowest BCUT2D eigenvalue weighted by Crippen LogP contribution is -2.50. The molecule has 0 radical (unpaired) electrons. The number of methoxy groups -OCH3 is 2. The average Bonchev–Trinajstić information content (AvgIpc) is 3.27. The van der Waals surface area contributed by atoms with Crippen LogP contribution in [0.1, 0.15) is 60.6 Å². The second-order valence-electron chi connectivity index (χ2n) is 11.3. The van der Waals surface area contributed by atoms with Crippen molar-refractivity contribution in [1.82, 2.24) is 4.90 Å². The van der Waals surface area contributed by atoms with E-state index in [0.29, 0.717) is 62.0 Å². The third-order valence-corrected chi connectivity index (χ3v) is 6.79. The van der Waals surface area contributed by atoms with E-state index in [0.717, 1.165) is 5.69 Å². The van der Waals surface area contributed by atoms with Crippen LogP contribution in [0.15, 0.2) is 28.9 Å². The van der Waals surface area contributed by atoms with Gasteiger partial charge in [-0.25, -0.2) is 4.79 Å². The summed E-state index contributed by atoms with van der Waals surface area (Å²) in [7, 11) is 3.14. The summed E-state index contributed by atoms with van der Waals surface area (Å²) in [5.74, 6) is 0.439. The Bertz CT molecular complexity index is 1210. The molecule has 0 spiro atoms. The summed E-state index contributed by atoms with van der Waals surface area (Å²) in [6.45, 7) is 10.3. The van der Waals surface area contributed by atoms with Gasteiger partial charge < -0.3 is 33.7 Å². The van der Waals surface area contributed by atoms with Gasteiger partial charge in [0, 0.05) is 63.3 Å². The summed E-state index contributed by atoms with van der Waals surface area (Å²) in [6, 6.07) is 5.52. The molecule has 1 aromatic carbocycles. The molecule has 1 aliphatic carbocycles. The van der Waals surface area contributed by atoms with Crippen molar-refractivity contribution in [2.45, 2.75) is 46.1 Å². The number of hydrogen-bond donors (Lipinski definition) is 1. The SMILES string of the molecule is COCC1(C)CC(=O)c2c(C(=O)Nc3ccc(N4CCN(C(=O)OC(C)(C)C)CC4)cc3OC)coc2C1. The average molecular weight is 528 g/mol. The van der Waals surface area contributed by atoms with Gasteiger partial charge in [-0.3, -0.25) is 9.59 Å². The Morgan fingerprint density at radius 3 is 2.45 bits per heavy atom. The number of Topliss-reactive ketones (excluding diaryl/α,β-unsaturated/α-hetero) is 1. The maximum Gasteiger partial charge on any atom is 0.410 e. The number of carbonyl (C=O) groups excluding carboxylic acids is 3. The van der Waals surface area contributed by atoms with Crippen LogP contribution in [-0.2, 0) is 15.9 Å². The van der Waals surface area contributed by atoms with Crippen molar-refractivity contribution in [2.75, 3.05) is 57.2 Å². The van der Waals surface area contributed by atoms with Gasteiger partial charge >= 0.3 is 6.09 Å². The first kappa shape index (κ1) is 27.5. The summed E-state index contributed by atoms with van der Waals surface area (Å²) in [5, 5.41) is 2.87. The van der Waals surface area contributed by atoms with Gasteiger partial charge in [-0.2, -0.15) is 0 Å². The molecule has 1 aromatic heterocycles. The number of nitrogens with zero attached hydrogens (tertiary/aromatic N) is 2. The maximum absolute atomic E-state index is 13.2. The topological polar surface area (TPSA) is 111 Å². The molecule has 0 bridgehead atoms. The van der Waals surface area contributed by atoms with E-state index in [4.69, 9.17) is 18.6 Å². The van der Waals surface area contributed by atoms with E-state index in [9.17, 15) is 14.4 Å². The van der Waals surface area contributed by atoms with Gasteiger partial charge in [0.15, 0.2) is 5.78 Å². The molecule has 206 valence electrons. The molecule has 10 nitrogen and oxygen atoms in total. The van der Waals surface area contributed by atoms with Gasteiger partial charge in [0.1, 0.15) is 23.4 Å². The van der Waals surface area contributed by atoms with Gasteiger partial charge in [0.05, 0.1) is 30.5 Å². The van der Waals surface area contributed by atoms with Crippen LogP contribution in [0.4, 0.5) is 16.2 Å². The largest absolute Gasteiger partial charge is 0.494 e. The van der Waals surface area contributed by atoms with E-state index in [1.54, 1.807) is 18.1 Å². The van der Waals surface area contributed by atoms with Crippen molar-refractivity contribution < 1.29 is 33.0 Å². The lowest BCUT2D eigenvalue weighted by atomic mass is 9.75. The Labute approximate surface area is 223 Å². The molecule has 10 heteroatoms. The van der Waals surface area contributed by atoms with E-state index in [1.807, 2.05) is 39.8 Å². The van der Waals surface area contributed by atoms with E-state index in [2.05, 4.69) is 10.2 Å². The summed E-state index contributed by atoms with van der Waals surface area (Å²) in [4.78, 5) is 42.3. The Morgan fingerprint density at radius 2 is 1.82 bits per heavy atom. The molecule has 0 saturated carbocycles. The number of hydrogen-bond acceptors (Lipinski definition) is 8. The number of benzene rings is 1. The predicted molar refractivity (Wildman–Crippen MR) is 142 cm³/mol.